The van der Waals surface area contributed by atoms with Gasteiger partial charge in [-0.15, -0.1) is 0 Å². The smallest absolute Gasteiger partial charge is 0.325 e. The second kappa shape index (κ2) is 7.99. The number of methoxy groups -OCH3 is 1. The number of nitrogens with zero attached hydrogens (tertiary/aromatic N) is 1. The molecule has 0 atom stereocenters. The average molecular weight is 277 g/mol. The highest BCUT2D eigenvalue weighted by Gasteiger charge is 2.10. The monoisotopic (exact) mass is 277 g/mol. The minimum Gasteiger partial charge on any atom is -0.497 e. The Balaban J connectivity index is 2.60. The van der Waals surface area contributed by atoms with Gasteiger partial charge in [0.15, 0.2) is 0 Å². The molecule has 0 saturated carbocycles. The Morgan fingerprint density at radius 3 is 2.75 bits per heavy atom. The zero-order valence-corrected chi connectivity index (χ0v) is 12.0. The Hall–Kier alpha value is -2.30. The standard InChI is InChI=1S/C15H19NO4/c1-4-20-15(18)11-16(2)14(17)9-8-12-6-5-7-13(10-12)19-3/h5-10H,4,11H2,1-3H3/b9-8+. The molecule has 0 radical (unpaired) electrons. The first-order chi connectivity index (χ1) is 9.56. The predicted octanol–water partition coefficient (Wildman–Crippen LogP) is 1.73. The van der Waals surface area contributed by atoms with Gasteiger partial charge < -0.3 is 14.4 Å². The van der Waals surface area contributed by atoms with Gasteiger partial charge in [-0.05, 0) is 30.7 Å². The molecule has 1 aromatic carbocycles. The Morgan fingerprint density at radius 1 is 1.35 bits per heavy atom. The summed E-state index contributed by atoms with van der Waals surface area (Å²) in [5.74, 6) is 0.0403. The molecule has 0 aliphatic heterocycles. The summed E-state index contributed by atoms with van der Waals surface area (Å²) >= 11 is 0. The van der Waals surface area contributed by atoms with E-state index in [1.54, 1.807) is 27.2 Å². The van der Waals surface area contributed by atoms with Gasteiger partial charge in [0.2, 0.25) is 5.91 Å². The van der Waals surface area contributed by atoms with E-state index in [1.165, 1.54) is 11.0 Å². The van der Waals surface area contributed by atoms with Crippen molar-refractivity contribution >= 4 is 18.0 Å². The van der Waals surface area contributed by atoms with Crippen LogP contribution < -0.4 is 4.74 Å². The van der Waals surface area contributed by atoms with Gasteiger partial charge in [-0.25, -0.2) is 0 Å². The first-order valence-corrected chi connectivity index (χ1v) is 6.29. The average Bonchev–Trinajstić information content (AvgIpc) is 2.45. The fraction of sp³-hybridized carbons (Fsp3) is 0.333. The minimum atomic E-state index is -0.418. The first kappa shape index (κ1) is 15.8. The highest BCUT2D eigenvalue weighted by Crippen LogP contribution is 2.13. The number of rotatable bonds is 6. The van der Waals surface area contributed by atoms with Gasteiger partial charge in [0.1, 0.15) is 12.3 Å². The third-order valence-electron chi connectivity index (χ3n) is 2.56. The zero-order chi connectivity index (χ0) is 15.0. The number of amides is 1. The van der Waals surface area contributed by atoms with Crippen LogP contribution in [0.3, 0.4) is 0 Å². The highest BCUT2D eigenvalue weighted by atomic mass is 16.5. The van der Waals surface area contributed by atoms with E-state index in [1.807, 2.05) is 24.3 Å². The Morgan fingerprint density at radius 2 is 2.10 bits per heavy atom. The van der Waals surface area contributed by atoms with E-state index in [2.05, 4.69) is 0 Å². The molecular formula is C15H19NO4. The van der Waals surface area contributed by atoms with Crippen molar-refractivity contribution in [1.82, 2.24) is 4.90 Å². The van der Waals surface area contributed by atoms with Crippen LogP contribution in [0, 0.1) is 0 Å². The Labute approximate surface area is 118 Å². The van der Waals surface area contributed by atoms with Gasteiger partial charge in [-0.2, -0.15) is 0 Å². The van der Waals surface area contributed by atoms with Crippen molar-refractivity contribution in [2.45, 2.75) is 6.92 Å². The molecular weight excluding hydrogens is 258 g/mol. The van der Waals surface area contributed by atoms with E-state index in [0.717, 1.165) is 11.3 Å². The van der Waals surface area contributed by atoms with Crippen molar-refractivity contribution in [2.24, 2.45) is 0 Å². The van der Waals surface area contributed by atoms with E-state index in [-0.39, 0.29) is 12.5 Å². The lowest BCUT2D eigenvalue weighted by Gasteiger charge is -2.13. The molecule has 0 N–H and O–H groups in total. The van der Waals surface area contributed by atoms with E-state index >= 15 is 0 Å². The molecule has 0 unspecified atom stereocenters. The van der Waals surface area contributed by atoms with Crippen LogP contribution >= 0.6 is 0 Å². The van der Waals surface area contributed by atoms with Crippen LogP contribution in [-0.4, -0.2) is 44.1 Å². The number of carbonyl (C=O) groups excluding carboxylic acids is 2. The van der Waals surface area contributed by atoms with Crippen LogP contribution in [0.2, 0.25) is 0 Å². The first-order valence-electron chi connectivity index (χ1n) is 6.29. The molecule has 0 bridgehead atoms. The molecule has 0 spiro atoms. The summed E-state index contributed by atoms with van der Waals surface area (Å²) in [6.07, 6.45) is 3.08. The van der Waals surface area contributed by atoms with Crippen molar-refractivity contribution in [3.05, 3.63) is 35.9 Å². The summed E-state index contributed by atoms with van der Waals surface area (Å²) in [6.45, 7) is 1.97. The number of ether oxygens (including phenoxy) is 2. The number of hydrogen-bond donors (Lipinski definition) is 0. The molecule has 0 aliphatic carbocycles. The van der Waals surface area contributed by atoms with Crippen LogP contribution in [0.5, 0.6) is 5.75 Å². The molecule has 1 amide bonds. The minimum absolute atomic E-state index is 0.0604. The maximum Gasteiger partial charge on any atom is 0.325 e. The van der Waals surface area contributed by atoms with Crippen LogP contribution in [0.1, 0.15) is 12.5 Å². The normalized spacial score (nSPS) is 10.3. The number of benzene rings is 1. The summed E-state index contributed by atoms with van der Waals surface area (Å²) in [4.78, 5) is 24.4. The Kier molecular flexibility index (Phi) is 6.29. The molecule has 5 heteroatoms. The van der Waals surface area contributed by atoms with E-state index in [4.69, 9.17) is 9.47 Å². The van der Waals surface area contributed by atoms with Gasteiger partial charge in [0.25, 0.3) is 0 Å². The summed E-state index contributed by atoms with van der Waals surface area (Å²) < 4.78 is 9.88. The molecule has 0 aliphatic rings. The molecule has 0 saturated heterocycles. The molecule has 1 rings (SSSR count). The second-order valence-electron chi connectivity index (χ2n) is 4.11. The SMILES string of the molecule is CCOC(=O)CN(C)C(=O)/C=C/c1cccc(OC)c1. The third kappa shape index (κ3) is 5.14. The maximum absolute atomic E-state index is 11.8. The van der Waals surface area contributed by atoms with Crippen LogP contribution in [-0.2, 0) is 14.3 Å². The second-order valence-corrected chi connectivity index (χ2v) is 4.11. The van der Waals surface area contributed by atoms with E-state index < -0.39 is 5.97 Å². The number of esters is 1. The van der Waals surface area contributed by atoms with Gasteiger partial charge >= 0.3 is 5.97 Å². The molecule has 1 aromatic rings. The topological polar surface area (TPSA) is 55.8 Å². The van der Waals surface area contributed by atoms with Crippen LogP contribution in [0.15, 0.2) is 30.3 Å². The number of hydrogen-bond acceptors (Lipinski definition) is 4. The van der Waals surface area contributed by atoms with Crippen molar-refractivity contribution in [1.29, 1.82) is 0 Å². The largest absolute Gasteiger partial charge is 0.497 e. The molecule has 20 heavy (non-hydrogen) atoms. The lowest BCUT2D eigenvalue weighted by atomic mass is 10.2. The van der Waals surface area contributed by atoms with Gasteiger partial charge in [0, 0.05) is 13.1 Å². The summed E-state index contributed by atoms with van der Waals surface area (Å²) in [6, 6.07) is 7.34. The quantitative estimate of drug-likeness (QED) is 0.587. The third-order valence-corrected chi connectivity index (χ3v) is 2.56. The van der Waals surface area contributed by atoms with Crippen molar-refractivity contribution < 1.29 is 19.1 Å². The fourth-order valence-electron chi connectivity index (χ4n) is 1.52. The summed E-state index contributed by atoms with van der Waals surface area (Å²) in [5.41, 5.74) is 0.849. The molecule has 0 heterocycles. The molecule has 0 fully saturated rings. The molecule has 108 valence electrons. The van der Waals surface area contributed by atoms with Crippen molar-refractivity contribution in [3.63, 3.8) is 0 Å². The van der Waals surface area contributed by atoms with Gasteiger partial charge in [-0.1, -0.05) is 12.1 Å². The van der Waals surface area contributed by atoms with E-state index in [9.17, 15) is 9.59 Å². The number of likely N-dealkylation sites (N-methyl/N-ethyl adjacent to an activating group) is 1. The maximum atomic E-state index is 11.8. The number of carbonyl (C=O) groups is 2. The van der Waals surface area contributed by atoms with Crippen LogP contribution in [0.25, 0.3) is 6.08 Å². The summed E-state index contributed by atoms with van der Waals surface area (Å²) in [7, 11) is 3.14. The lowest BCUT2D eigenvalue weighted by molar-refractivity contribution is -0.146. The predicted molar refractivity (Wildman–Crippen MR) is 76.3 cm³/mol. The van der Waals surface area contributed by atoms with Gasteiger partial charge in [-0.3, -0.25) is 9.59 Å². The lowest BCUT2D eigenvalue weighted by Crippen LogP contribution is -2.31. The highest BCUT2D eigenvalue weighted by molar-refractivity contribution is 5.93. The summed E-state index contributed by atoms with van der Waals surface area (Å²) in [5, 5.41) is 0. The molecule has 5 nitrogen and oxygen atoms in total. The Bertz CT molecular complexity index is 496. The fourth-order valence-corrected chi connectivity index (χ4v) is 1.52. The van der Waals surface area contributed by atoms with Crippen molar-refractivity contribution in [2.75, 3.05) is 27.3 Å². The van der Waals surface area contributed by atoms with Crippen LogP contribution in [0.4, 0.5) is 0 Å². The molecule has 0 aromatic heterocycles. The van der Waals surface area contributed by atoms with Gasteiger partial charge in [0.05, 0.1) is 13.7 Å². The van der Waals surface area contributed by atoms with E-state index in [0.29, 0.717) is 6.61 Å². The zero-order valence-electron chi connectivity index (χ0n) is 12.0. The van der Waals surface area contributed by atoms with Crippen molar-refractivity contribution in [3.8, 4) is 5.75 Å².